The van der Waals surface area contributed by atoms with Crippen LogP contribution in [0.3, 0.4) is 0 Å². The van der Waals surface area contributed by atoms with Crippen LogP contribution in [0.2, 0.25) is 0 Å². The highest BCUT2D eigenvalue weighted by Gasteiger charge is 2.19. The number of carbonyl (C=O) groups is 1. The lowest BCUT2D eigenvalue weighted by Gasteiger charge is -2.11. The first-order chi connectivity index (χ1) is 8.24. The Bertz CT molecular complexity index is 562. The van der Waals surface area contributed by atoms with Gasteiger partial charge in [0.15, 0.2) is 0 Å². The third-order valence-corrected chi connectivity index (χ3v) is 2.97. The normalized spacial score (nSPS) is 15.5. The Morgan fingerprint density at radius 2 is 2.24 bits per heavy atom. The van der Waals surface area contributed by atoms with Gasteiger partial charge in [-0.2, -0.15) is 5.10 Å². The van der Waals surface area contributed by atoms with E-state index in [4.69, 9.17) is 5.73 Å². The van der Waals surface area contributed by atoms with Crippen LogP contribution >= 0.6 is 0 Å². The van der Waals surface area contributed by atoms with E-state index in [0.717, 1.165) is 22.5 Å². The van der Waals surface area contributed by atoms with Crippen molar-refractivity contribution in [1.82, 2.24) is 10.2 Å². The average Bonchev–Trinajstić information content (AvgIpc) is 2.94. The third-order valence-electron chi connectivity index (χ3n) is 2.97. The third kappa shape index (κ3) is 1.70. The van der Waals surface area contributed by atoms with E-state index in [2.05, 4.69) is 15.5 Å². The second-order valence-corrected chi connectivity index (χ2v) is 4.13. The molecule has 1 aromatic heterocycles. The number of hydrogen-bond acceptors (Lipinski definition) is 3. The molecular weight excluding hydrogens is 216 g/mol. The quantitative estimate of drug-likeness (QED) is 0.715. The Hall–Kier alpha value is -2.14. The predicted molar refractivity (Wildman–Crippen MR) is 63.4 cm³/mol. The van der Waals surface area contributed by atoms with Crippen LogP contribution in [0.15, 0.2) is 30.5 Å². The van der Waals surface area contributed by atoms with E-state index < -0.39 is 0 Å². The fourth-order valence-corrected chi connectivity index (χ4v) is 2.06. The van der Waals surface area contributed by atoms with Crippen molar-refractivity contribution in [2.75, 3.05) is 5.32 Å². The SMILES string of the molecule is NC(c1ccc2c(c1)CC(=O)N2)c1ccn[nH]1. The number of nitrogens with zero attached hydrogens (tertiary/aromatic N) is 1. The number of anilines is 1. The molecule has 5 heteroatoms. The maximum absolute atomic E-state index is 11.3. The number of nitrogens with one attached hydrogen (secondary N) is 2. The standard InChI is InChI=1S/C12H12N4O/c13-12(10-3-4-14-16-10)7-1-2-9-8(5-7)6-11(17)15-9/h1-5,12H,6,13H2,(H,14,16)(H,15,17). The van der Waals surface area contributed by atoms with Crippen LogP contribution in [0, 0.1) is 0 Å². The van der Waals surface area contributed by atoms with Crippen LogP contribution in [-0.4, -0.2) is 16.1 Å². The van der Waals surface area contributed by atoms with Gasteiger partial charge in [-0.15, -0.1) is 0 Å². The molecule has 0 spiro atoms. The summed E-state index contributed by atoms with van der Waals surface area (Å²) in [6.45, 7) is 0. The number of amides is 1. The first kappa shape index (κ1) is 10.0. The van der Waals surface area contributed by atoms with Crippen molar-refractivity contribution < 1.29 is 4.79 Å². The van der Waals surface area contributed by atoms with E-state index in [9.17, 15) is 4.79 Å². The molecule has 1 aliphatic heterocycles. The molecule has 0 fully saturated rings. The van der Waals surface area contributed by atoms with Gasteiger partial charge in [-0.05, 0) is 23.3 Å². The zero-order valence-corrected chi connectivity index (χ0v) is 9.10. The van der Waals surface area contributed by atoms with Crippen molar-refractivity contribution >= 4 is 11.6 Å². The van der Waals surface area contributed by atoms with Crippen LogP contribution in [-0.2, 0) is 11.2 Å². The monoisotopic (exact) mass is 228 g/mol. The van der Waals surface area contributed by atoms with Crippen molar-refractivity contribution in [3.8, 4) is 0 Å². The molecule has 0 saturated carbocycles. The number of benzene rings is 1. The summed E-state index contributed by atoms with van der Waals surface area (Å²) < 4.78 is 0. The number of carbonyl (C=O) groups excluding carboxylic acids is 1. The summed E-state index contributed by atoms with van der Waals surface area (Å²) in [5, 5.41) is 9.53. The molecule has 2 aromatic rings. The average molecular weight is 228 g/mol. The van der Waals surface area contributed by atoms with Gasteiger partial charge in [-0.1, -0.05) is 12.1 Å². The van der Waals surface area contributed by atoms with E-state index in [1.807, 2.05) is 24.3 Å². The van der Waals surface area contributed by atoms with Crippen molar-refractivity contribution in [2.24, 2.45) is 5.73 Å². The first-order valence-electron chi connectivity index (χ1n) is 5.41. The van der Waals surface area contributed by atoms with Gasteiger partial charge in [-0.25, -0.2) is 0 Å². The van der Waals surface area contributed by atoms with Gasteiger partial charge in [0.2, 0.25) is 5.91 Å². The molecule has 4 N–H and O–H groups in total. The van der Waals surface area contributed by atoms with Crippen LogP contribution in [0.1, 0.15) is 22.9 Å². The highest BCUT2D eigenvalue weighted by atomic mass is 16.1. The minimum atomic E-state index is -0.237. The van der Waals surface area contributed by atoms with E-state index in [-0.39, 0.29) is 11.9 Å². The molecular formula is C12H12N4O. The second kappa shape index (κ2) is 3.71. The van der Waals surface area contributed by atoms with Crippen LogP contribution in [0.4, 0.5) is 5.69 Å². The molecule has 3 rings (SSSR count). The summed E-state index contributed by atoms with van der Waals surface area (Å²) in [6, 6.07) is 7.40. The summed E-state index contributed by atoms with van der Waals surface area (Å²) >= 11 is 0. The molecule has 1 aromatic carbocycles. The Morgan fingerprint density at radius 3 is 3.00 bits per heavy atom. The minimum Gasteiger partial charge on any atom is -0.326 e. The highest BCUT2D eigenvalue weighted by Crippen LogP contribution is 2.27. The van der Waals surface area contributed by atoms with Gasteiger partial charge < -0.3 is 11.1 Å². The Morgan fingerprint density at radius 1 is 1.35 bits per heavy atom. The van der Waals surface area contributed by atoms with Crippen molar-refractivity contribution in [1.29, 1.82) is 0 Å². The van der Waals surface area contributed by atoms with Crippen LogP contribution in [0.25, 0.3) is 0 Å². The number of H-pyrrole nitrogens is 1. The van der Waals surface area contributed by atoms with E-state index in [0.29, 0.717) is 6.42 Å². The minimum absolute atomic E-state index is 0.0345. The Kier molecular flexibility index (Phi) is 2.19. The summed E-state index contributed by atoms with van der Waals surface area (Å²) in [5.41, 5.74) is 9.84. The largest absolute Gasteiger partial charge is 0.326 e. The molecule has 0 radical (unpaired) electrons. The maximum Gasteiger partial charge on any atom is 0.228 e. The molecule has 0 bridgehead atoms. The van der Waals surface area contributed by atoms with Crippen molar-refractivity contribution in [2.45, 2.75) is 12.5 Å². The van der Waals surface area contributed by atoms with Crippen LogP contribution in [0.5, 0.6) is 0 Å². The predicted octanol–water partition coefficient (Wildman–Crippen LogP) is 0.952. The molecule has 1 unspecified atom stereocenters. The number of hydrogen-bond donors (Lipinski definition) is 3. The molecule has 1 atom stereocenters. The lowest BCUT2D eigenvalue weighted by molar-refractivity contribution is -0.115. The number of rotatable bonds is 2. The number of nitrogens with two attached hydrogens (primary N) is 1. The molecule has 17 heavy (non-hydrogen) atoms. The fourth-order valence-electron chi connectivity index (χ4n) is 2.06. The molecule has 1 aliphatic rings. The summed E-state index contributed by atoms with van der Waals surface area (Å²) in [7, 11) is 0. The number of aromatic nitrogens is 2. The Labute approximate surface area is 98.0 Å². The van der Waals surface area contributed by atoms with Gasteiger partial charge >= 0.3 is 0 Å². The molecule has 86 valence electrons. The first-order valence-corrected chi connectivity index (χ1v) is 5.41. The molecule has 0 saturated heterocycles. The van der Waals surface area contributed by atoms with E-state index >= 15 is 0 Å². The van der Waals surface area contributed by atoms with Gasteiger partial charge in [-0.3, -0.25) is 9.89 Å². The molecule has 0 aliphatic carbocycles. The van der Waals surface area contributed by atoms with Crippen molar-refractivity contribution in [3.63, 3.8) is 0 Å². The highest BCUT2D eigenvalue weighted by molar-refractivity contribution is 5.99. The molecule has 2 heterocycles. The second-order valence-electron chi connectivity index (χ2n) is 4.13. The zero-order chi connectivity index (χ0) is 11.8. The lowest BCUT2D eigenvalue weighted by Crippen LogP contribution is -2.12. The molecule has 5 nitrogen and oxygen atoms in total. The van der Waals surface area contributed by atoms with Crippen molar-refractivity contribution in [3.05, 3.63) is 47.3 Å². The number of fused-ring (bicyclic) bond motifs is 1. The van der Waals surface area contributed by atoms with Gasteiger partial charge in [0.05, 0.1) is 18.2 Å². The summed E-state index contributed by atoms with van der Waals surface area (Å²) in [6.07, 6.45) is 2.10. The van der Waals surface area contributed by atoms with Gasteiger partial charge in [0, 0.05) is 11.9 Å². The van der Waals surface area contributed by atoms with Crippen LogP contribution < -0.4 is 11.1 Å². The smallest absolute Gasteiger partial charge is 0.228 e. The van der Waals surface area contributed by atoms with Gasteiger partial charge in [0.1, 0.15) is 0 Å². The van der Waals surface area contributed by atoms with Gasteiger partial charge in [0.25, 0.3) is 0 Å². The van der Waals surface area contributed by atoms with E-state index in [1.54, 1.807) is 6.20 Å². The maximum atomic E-state index is 11.3. The summed E-state index contributed by atoms with van der Waals surface area (Å²) in [5.74, 6) is 0.0345. The Balaban J connectivity index is 1.95. The zero-order valence-electron chi connectivity index (χ0n) is 9.10. The topological polar surface area (TPSA) is 83.8 Å². The lowest BCUT2D eigenvalue weighted by atomic mass is 10.0. The number of aromatic amines is 1. The molecule has 1 amide bonds. The summed E-state index contributed by atoms with van der Waals surface area (Å²) in [4.78, 5) is 11.3. The fraction of sp³-hybridized carbons (Fsp3) is 0.167. The van der Waals surface area contributed by atoms with E-state index in [1.165, 1.54) is 0 Å².